The summed E-state index contributed by atoms with van der Waals surface area (Å²) in [6, 6.07) is 3.75. The molecule has 4 rings (SSSR count). The molecular formula is C23H32BrN3O4S. The number of amides is 2. The normalized spacial score (nSPS) is 22.8. The molecule has 0 aliphatic carbocycles. The molecule has 0 N–H and O–H groups in total. The summed E-state index contributed by atoms with van der Waals surface area (Å²) in [5.41, 5.74) is 1.68. The highest BCUT2D eigenvalue weighted by atomic mass is 79.9. The van der Waals surface area contributed by atoms with Gasteiger partial charge in [0.1, 0.15) is 0 Å². The van der Waals surface area contributed by atoms with E-state index in [9.17, 15) is 18.0 Å². The van der Waals surface area contributed by atoms with Crippen LogP contribution >= 0.6 is 15.9 Å². The number of carbonyl (C=O) groups excluding carboxylic acids is 2. The summed E-state index contributed by atoms with van der Waals surface area (Å²) in [5.74, 6) is 0.0745. The van der Waals surface area contributed by atoms with Crippen molar-refractivity contribution in [2.24, 2.45) is 5.92 Å². The lowest BCUT2D eigenvalue weighted by atomic mass is 9.94. The Bertz CT molecular complexity index is 1000. The summed E-state index contributed by atoms with van der Waals surface area (Å²) in [4.78, 5) is 29.2. The maximum absolute atomic E-state index is 13.5. The molecule has 32 heavy (non-hydrogen) atoms. The summed E-state index contributed by atoms with van der Waals surface area (Å²) >= 11 is 3.45. The van der Waals surface area contributed by atoms with Crippen LogP contribution < -0.4 is 4.90 Å². The molecule has 2 saturated heterocycles. The van der Waals surface area contributed by atoms with E-state index in [1.807, 2.05) is 17.9 Å². The van der Waals surface area contributed by atoms with Gasteiger partial charge >= 0.3 is 0 Å². The van der Waals surface area contributed by atoms with E-state index < -0.39 is 10.0 Å². The van der Waals surface area contributed by atoms with Gasteiger partial charge in [0.25, 0.3) is 0 Å². The summed E-state index contributed by atoms with van der Waals surface area (Å²) in [6.45, 7) is 5.99. The third-order valence-electron chi connectivity index (χ3n) is 7.14. The highest BCUT2D eigenvalue weighted by Crippen LogP contribution is 2.37. The number of sulfonamides is 1. The molecule has 3 aliphatic heterocycles. The molecule has 3 heterocycles. The van der Waals surface area contributed by atoms with E-state index in [4.69, 9.17) is 0 Å². The van der Waals surface area contributed by atoms with E-state index in [0.717, 1.165) is 31.4 Å². The maximum Gasteiger partial charge on any atom is 0.244 e. The molecule has 1 unspecified atom stereocenters. The average Bonchev–Trinajstić information content (AvgIpc) is 3.20. The number of rotatable bonds is 4. The molecule has 2 amide bonds. The lowest BCUT2D eigenvalue weighted by molar-refractivity contribution is -0.140. The predicted molar refractivity (Wildman–Crippen MR) is 127 cm³/mol. The van der Waals surface area contributed by atoms with Gasteiger partial charge in [-0.05, 0) is 79.1 Å². The first-order valence-corrected chi connectivity index (χ1v) is 13.9. The zero-order valence-electron chi connectivity index (χ0n) is 18.8. The van der Waals surface area contributed by atoms with Crippen LogP contribution in [-0.2, 0) is 26.0 Å². The van der Waals surface area contributed by atoms with Crippen LogP contribution in [0.2, 0.25) is 0 Å². The van der Waals surface area contributed by atoms with Crippen molar-refractivity contribution in [2.75, 3.05) is 31.1 Å². The van der Waals surface area contributed by atoms with Crippen LogP contribution in [-0.4, -0.2) is 61.7 Å². The highest BCUT2D eigenvalue weighted by molar-refractivity contribution is 9.10. The largest absolute Gasteiger partial charge is 0.340 e. The molecule has 1 aromatic carbocycles. The summed E-state index contributed by atoms with van der Waals surface area (Å²) < 4.78 is 29.0. The van der Waals surface area contributed by atoms with Gasteiger partial charge in [-0.25, -0.2) is 8.42 Å². The van der Waals surface area contributed by atoms with E-state index >= 15 is 0 Å². The smallest absolute Gasteiger partial charge is 0.244 e. The van der Waals surface area contributed by atoms with Gasteiger partial charge in [0.15, 0.2) is 0 Å². The second kappa shape index (κ2) is 9.43. The Kier molecular flexibility index (Phi) is 6.98. The predicted octanol–water partition coefficient (Wildman–Crippen LogP) is 3.55. The number of halogens is 1. The van der Waals surface area contributed by atoms with Gasteiger partial charge in [0.05, 0.1) is 4.90 Å². The van der Waals surface area contributed by atoms with Gasteiger partial charge < -0.3 is 9.80 Å². The molecule has 0 bridgehead atoms. The Morgan fingerprint density at radius 3 is 2.44 bits per heavy atom. The Hall–Kier alpha value is -1.45. The quantitative estimate of drug-likeness (QED) is 0.602. The van der Waals surface area contributed by atoms with E-state index in [-0.39, 0.29) is 28.7 Å². The SMILES string of the molecule is CCC(=O)N1CCc2cc(Br)c(S(=O)(=O)N3CCC(C(=O)N4CCCCC4C)CC3)cc21. The van der Waals surface area contributed by atoms with Gasteiger partial charge in [0.2, 0.25) is 21.8 Å². The minimum atomic E-state index is -3.73. The monoisotopic (exact) mass is 525 g/mol. The second-order valence-corrected chi connectivity index (χ2v) is 11.9. The first kappa shape index (κ1) is 23.7. The molecule has 0 aromatic heterocycles. The number of benzene rings is 1. The van der Waals surface area contributed by atoms with Crippen LogP contribution in [0.4, 0.5) is 5.69 Å². The fraction of sp³-hybridized carbons (Fsp3) is 0.652. The van der Waals surface area contributed by atoms with Crippen LogP contribution in [0.1, 0.15) is 57.9 Å². The number of anilines is 1. The number of fused-ring (bicyclic) bond motifs is 1. The van der Waals surface area contributed by atoms with Crippen molar-refractivity contribution in [3.05, 3.63) is 22.2 Å². The Morgan fingerprint density at radius 1 is 1.06 bits per heavy atom. The van der Waals surface area contributed by atoms with Crippen molar-refractivity contribution < 1.29 is 18.0 Å². The van der Waals surface area contributed by atoms with Crippen LogP contribution in [0.15, 0.2) is 21.5 Å². The number of hydrogen-bond acceptors (Lipinski definition) is 4. The van der Waals surface area contributed by atoms with Gasteiger partial charge in [-0.3, -0.25) is 9.59 Å². The van der Waals surface area contributed by atoms with Crippen molar-refractivity contribution in [3.8, 4) is 0 Å². The Labute approximate surface area is 199 Å². The first-order chi connectivity index (χ1) is 15.2. The second-order valence-electron chi connectivity index (χ2n) is 9.12. The number of hydrogen-bond donors (Lipinski definition) is 0. The Morgan fingerprint density at radius 2 is 1.78 bits per heavy atom. The van der Waals surface area contributed by atoms with Crippen LogP contribution in [0.25, 0.3) is 0 Å². The fourth-order valence-electron chi connectivity index (χ4n) is 5.18. The van der Waals surface area contributed by atoms with Crippen LogP contribution in [0, 0.1) is 5.92 Å². The van der Waals surface area contributed by atoms with Crippen LogP contribution in [0.3, 0.4) is 0 Å². The average molecular weight is 526 g/mol. The maximum atomic E-state index is 13.5. The summed E-state index contributed by atoms with van der Waals surface area (Å²) in [6.07, 6.45) is 5.46. The van der Waals surface area contributed by atoms with Crippen molar-refractivity contribution in [1.82, 2.24) is 9.21 Å². The summed E-state index contributed by atoms with van der Waals surface area (Å²) in [7, 11) is -3.73. The Balaban J connectivity index is 1.49. The van der Waals surface area contributed by atoms with Crippen molar-refractivity contribution in [2.45, 2.75) is 69.7 Å². The number of carbonyl (C=O) groups is 2. The van der Waals surface area contributed by atoms with Crippen molar-refractivity contribution in [3.63, 3.8) is 0 Å². The van der Waals surface area contributed by atoms with E-state index in [1.54, 1.807) is 11.0 Å². The number of likely N-dealkylation sites (tertiary alicyclic amines) is 1. The van der Waals surface area contributed by atoms with E-state index in [2.05, 4.69) is 22.9 Å². The van der Waals surface area contributed by atoms with Gasteiger partial charge in [-0.15, -0.1) is 0 Å². The molecule has 0 spiro atoms. The van der Waals surface area contributed by atoms with E-state index in [0.29, 0.717) is 49.1 Å². The molecule has 176 valence electrons. The molecule has 9 heteroatoms. The lowest BCUT2D eigenvalue weighted by Gasteiger charge is -2.38. The topological polar surface area (TPSA) is 78.0 Å². The minimum Gasteiger partial charge on any atom is -0.340 e. The fourth-order valence-corrected chi connectivity index (χ4v) is 7.72. The molecule has 1 aromatic rings. The summed E-state index contributed by atoms with van der Waals surface area (Å²) in [5, 5.41) is 0. The van der Waals surface area contributed by atoms with Gasteiger partial charge in [-0.1, -0.05) is 6.92 Å². The minimum absolute atomic E-state index is 0.000637. The zero-order valence-corrected chi connectivity index (χ0v) is 21.3. The third kappa shape index (κ3) is 4.35. The molecule has 7 nitrogen and oxygen atoms in total. The molecule has 3 aliphatic rings. The number of piperidine rings is 2. The molecule has 0 radical (unpaired) electrons. The van der Waals surface area contributed by atoms with Crippen molar-refractivity contribution >= 4 is 43.5 Å². The first-order valence-electron chi connectivity index (χ1n) is 11.7. The molecule has 0 saturated carbocycles. The molecular weight excluding hydrogens is 494 g/mol. The lowest BCUT2D eigenvalue weighted by Crippen LogP contribution is -2.48. The van der Waals surface area contributed by atoms with Crippen molar-refractivity contribution in [1.29, 1.82) is 0 Å². The molecule has 1 atom stereocenters. The zero-order chi connectivity index (χ0) is 23.0. The van der Waals surface area contributed by atoms with Gasteiger partial charge in [-0.2, -0.15) is 4.31 Å². The van der Waals surface area contributed by atoms with E-state index in [1.165, 1.54) is 10.7 Å². The standard InChI is InChI=1S/C23H32BrN3O4S/c1-3-22(28)27-13-9-18-14-19(24)21(15-20(18)27)32(30,31)25-11-7-17(8-12-25)23(29)26-10-5-4-6-16(26)2/h14-17H,3-13H2,1-2H3. The number of nitrogens with zero attached hydrogens (tertiary/aromatic N) is 3. The van der Waals surface area contributed by atoms with Gasteiger partial charge in [0, 0.05) is 54.7 Å². The third-order valence-corrected chi connectivity index (χ3v) is 10.00. The molecule has 2 fully saturated rings. The van der Waals surface area contributed by atoms with Crippen LogP contribution in [0.5, 0.6) is 0 Å². The highest BCUT2D eigenvalue weighted by Gasteiger charge is 2.37.